The molecule has 5 aromatic rings. The van der Waals surface area contributed by atoms with Gasteiger partial charge in [-0.3, -0.25) is 15.4 Å². The van der Waals surface area contributed by atoms with Crippen molar-refractivity contribution in [1.29, 1.82) is 0 Å². The van der Waals surface area contributed by atoms with Crippen molar-refractivity contribution in [2.75, 3.05) is 18.6 Å². The van der Waals surface area contributed by atoms with E-state index in [4.69, 9.17) is 61.7 Å². The van der Waals surface area contributed by atoms with Crippen molar-refractivity contribution >= 4 is 106 Å². The van der Waals surface area contributed by atoms with Crippen LogP contribution in [0.15, 0.2) is 90.5 Å². The van der Waals surface area contributed by atoms with Gasteiger partial charge in [0.1, 0.15) is 11.6 Å². The van der Waals surface area contributed by atoms with Crippen LogP contribution < -0.4 is 11.3 Å². The summed E-state index contributed by atoms with van der Waals surface area (Å²) in [5.74, 6) is 1.02. The van der Waals surface area contributed by atoms with Crippen LogP contribution in [0.3, 0.4) is 0 Å². The molecule has 2 aliphatic rings. The zero-order valence-corrected chi connectivity index (χ0v) is 40.7. The van der Waals surface area contributed by atoms with Gasteiger partial charge in [0.2, 0.25) is 0 Å². The number of nitrogens with two attached hydrogens (primary N) is 1. The molecule has 0 radical (unpaired) electrons. The molecule has 1 aromatic heterocycles. The topological polar surface area (TPSA) is 143 Å². The quantitative estimate of drug-likeness (QED) is 0.0368. The molecular weight excluding hydrogens is 968 g/mol. The number of hydrogen-bond acceptors (Lipinski definition) is 9. The second-order valence-electron chi connectivity index (χ2n) is 15.3. The van der Waals surface area contributed by atoms with E-state index in [0.29, 0.717) is 67.6 Å². The van der Waals surface area contributed by atoms with E-state index in [-0.39, 0.29) is 43.0 Å². The van der Waals surface area contributed by atoms with Crippen molar-refractivity contribution in [3.05, 3.63) is 150 Å². The van der Waals surface area contributed by atoms with Crippen LogP contribution in [-0.4, -0.2) is 46.5 Å². The number of ether oxygens (including phenoxy) is 2. The number of fused-ring (bicyclic) bond motifs is 1. The average molecular weight is 1020 g/mol. The SMILES string of the molecule is CCOC(=O)C(=O)C1CCCCC/C(=C\c2ccc(F)cc2)C1=O.CCOC(=O)c1nn(-c2ccc(Cl)cc2Cl)c2c1CCCCC/C2=C\c1ccc(F)cc1.Cl.NNc1ccc(Cl)cc1Cl. The first-order valence-electron chi connectivity index (χ1n) is 21.6. The van der Waals surface area contributed by atoms with Crippen LogP contribution >= 0.6 is 58.8 Å². The van der Waals surface area contributed by atoms with Gasteiger partial charge in [-0.05, 0) is 154 Å². The summed E-state index contributed by atoms with van der Waals surface area (Å²) in [6.07, 6.45) is 11.6. The van der Waals surface area contributed by atoms with Gasteiger partial charge in [0.15, 0.2) is 11.5 Å². The van der Waals surface area contributed by atoms with E-state index in [9.17, 15) is 28.0 Å². The Labute approximate surface area is 415 Å². The van der Waals surface area contributed by atoms with Crippen molar-refractivity contribution in [3.8, 4) is 5.69 Å². The number of rotatable bonds is 9. The molecule has 0 spiro atoms. The molecule has 0 amide bonds. The standard InChI is InChI=1S/C25H23Cl2FN2O2.C19H21FO4.C6H6Cl2N2.ClH/c1-2-32-25(31)23-20-7-5-3-4-6-17(14-16-8-11-19(28)12-9-16)24(20)30(29-23)22-13-10-18(26)15-21(22)27;1-2-24-19(23)18(22)16-7-5-3-4-6-14(17(16)21)12-13-8-10-15(20)11-9-13;7-4-1-2-6(10-9)5(8)3-4;/h8-15H,2-7H2,1H3;8-12,16H,2-7H2,1H3;1-3,10H,9H2;1H/b17-14+;14-12+;;. The minimum absolute atomic E-state index is 0. The van der Waals surface area contributed by atoms with E-state index in [1.807, 2.05) is 6.08 Å². The van der Waals surface area contributed by atoms with Crippen LogP contribution in [-0.2, 0) is 30.3 Å². The Bertz CT molecular complexity index is 2570. The van der Waals surface area contributed by atoms with E-state index in [1.165, 1.54) is 24.3 Å². The normalized spacial score (nSPS) is 16.0. The second-order valence-corrected chi connectivity index (χ2v) is 17.0. The Morgan fingerprint density at radius 3 is 1.84 bits per heavy atom. The largest absolute Gasteiger partial charge is 0.461 e. The zero-order chi connectivity index (χ0) is 47.8. The highest BCUT2D eigenvalue weighted by atomic mass is 35.5. The van der Waals surface area contributed by atoms with Crippen molar-refractivity contribution in [1.82, 2.24) is 9.78 Å². The minimum Gasteiger partial charge on any atom is -0.461 e. The first kappa shape index (κ1) is 54.5. The number of Topliss-reactive ketones (excluding diaryl/α,β-unsaturated/α-hetero) is 2. The number of nitrogens with zero attached hydrogens (tertiary/aromatic N) is 2. The molecule has 356 valence electrons. The van der Waals surface area contributed by atoms with Crippen molar-refractivity contribution in [3.63, 3.8) is 0 Å². The van der Waals surface area contributed by atoms with Crippen LogP contribution in [0.4, 0.5) is 14.5 Å². The molecular formula is C50H51Cl5F2N4O6. The lowest BCUT2D eigenvalue weighted by molar-refractivity contribution is -0.156. The summed E-state index contributed by atoms with van der Waals surface area (Å²) in [4.78, 5) is 49.5. The molecule has 4 aromatic carbocycles. The Balaban J connectivity index is 0.000000246. The monoisotopic (exact) mass is 1020 g/mol. The molecule has 3 N–H and O–H groups in total. The fraction of sp³-hybridized carbons (Fsp3) is 0.300. The maximum atomic E-state index is 13.4. The molecule has 67 heavy (non-hydrogen) atoms. The van der Waals surface area contributed by atoms with Gasteiger partial charge >= 0.3 is 11.9 Å². The highest BCUT2D eigenvalue weighted by molar-refractivity contribution is 6.39. The second kappa shape index (κ2) is 27.1. The smallest absolute Gasteiger partial charge is 0.375 e. The maximum absolute atomic E-state index is 13.4. The van der Waals surface area contributed by atoms with E-state index in [1.54, 1.807) is 85.3 Å². The first-order valence-corrected chi connectivity index (χ1v) is 23.1. The Kier molecular flexibility index (Phi) is 22.0. The molecule has 1 saturated carbocycles. The number of allylic oxidation sites excluding steroid dienone is 2. The van der Waals surface area contributed by atoms with E-state index >= 15 is 0 Å². The zero-order valence-electron chi connectivity index (χ0n) is 36.9. The van der Waals surface area contributed by atoms with Gasteiger partial charge in [-0.25, -0.2) is 23.1 Å². The number of carbonyl (C=O) groups is 4. The van der Waals surface area contributed by atoms with Gasteiger partial charge in [0.25, 0.3) is 5.78 Å². The van der Waals surface area contributed by atoms with Gasteiger partial charge < -0.3 is 14.9 Å². The van der Waals surface area contributed by atoms with Crippen molar-refractivity contribution < 1.29 is 37.4 Å². The van der Waals surface area contributed by atoms with Gasteiger partial charge in [-0.2, -0.15) is 5.10 Å². The molecule has 0 bridgehead atoms. The Morgan fingerprint density at radius 2 is 1.27 bits per heavy atom. The third-order valence-electron chi connectivity index (χ3n) is 10.6. The average Bonchev–Trinajstić information content (AvgIpc) is 3.65. The van der Waals surface area contributed by atoms with Crippen molar-refractivity contribution in [2.24, 2.45) is 11.8 Å². The lowest BCUT2D eigenvalue weighted by Crippen LogP contribution is -2.33. The van der Waals surface area contributed by atoms with Gasteiger partial charge in [-0.1, -0.05) is 89.9 Å². The number of anilines is 1. The Hall–Kier alpha value is -5.08. The third-order valence-corrected chi connectivity index (χ3v) is 11.7. The van der Waals surface area contributed by atoms with Crippen molar-refractivity contribution in [2.45, 2.75) is 78.1 Å². The van der Waals surface area contributed by atoms with E-state index < -0.39 is 23.6 Å². The summed E-state index contributed by atoms with van der Waals surface area (Å²) in [6, 6.07) is 22.4. The number of aromatic nitrogens is 2. The lowest BCUT2D eigenvalue weighted by atomic mass is 9.83. The molecule has 10 nitrogen and oxygen atoms in total. The van der Waals surface area contributed by atoms with Crippen LogP contribution in [0.1, 0.15) is 105 Å². The molecule has 1 fully saturated rings. The van der Waals surface area contributed by atoms with E-state index in [0.717, 1.165) is 67.3 Å². The highest BCUT2D eigenvalue weighted by Gasteiger charge is 2.34. The van der Waals surface area contributed by atoms with Crippen LogP contribution in [0.5, 0.6) is 0 Å². The van der Waals surface area contributed by atoms with Gasteiger partial charge in [0.05, 0.1) is 46.2 Å². The number of benzene rings is 4. The number of nitrogen functional groups attached to an aromatic ring is 1. The number of carbonyl (C=O) groups excluding carboxylic acids is 4. The molecule has 0 saturated heterocycles. The fourth-order valence-corrected chi connectivity index (χ4v) is 8.40. The third kappa shape index (κ3) is 15.5. The number of nitrogens with one attached hydrogen (secondary N) is 1. The first-order chi connectivity index (χ1) is 31.7. The number of halogens is 7. The van der Waals surface area contributed by atoms with Gasteiger partial charge in [-0.15, -0.1) is 12.4 Å². The molecule has 7 rings (SSSR count). The van der Waals surface area contributed by atoms with Crippen LogP contribution in [0.25, 0.3) is 23.4 Å². The number of esters is 2. The lowest BCUT2D eigenvalue weighted by Gasteiger charge is -2.19. The molecule has 1 heterocycles. The summed E-state index contributed by atoms with van der Waals surface area (Å²) in [5.41, 5.74) is 8.82. The molecule has 1 unspecified atom stereocenters. The highest BCUT2D eigenvalue weighted by Crippen LogP contribution is 2.37. The van der Waals surface area contributed by atoms with Crippen LogP contribution in [0.2, 0.25) is 20.1 Å². The summed E-state index contributed by atoms with van der Waals surface area (Å²) in [5, 5.41) is 6.75. The summed E-state index contributed by atoms with van der Waals surface area (Å²) >= 11 is 24.0. The predicted octanol–water partition coefficient (Wildman–Crippen LogP) is 13.3. The number of hydrogen-bond donors (Lipinski definition) is 2. The maximum Gasteiger partial charge on any atom is 0.375 e. The predicted molar refractivity (Wildman–Crippen MR) is 265 cm³/mol. The molecule has 0 aliphatic heterocycles. The number of hydrazine groups is 1. The minimum atomic E-state index is -0.976. The van der Waals surface area contributed by atoms with E-state index in [2.05, 4.69) is 10.5 Å². The molecule has 2 aliphatic carbocycles. The van der Waals surface area contributed by atoms with Crippen LogP contribution in [0, 0.1) is 17.6 Å². The molecule has 1 atom stereocenters. The summed E-state index contributed by atoms with van der Waals surface area (Å²) < 4.78 is 38.2. The molecule has 17 heteroatoms. The van der Waals surface area contributed by atoms with Gasteiger partial charge in [0, 0.05) is 15.6 Å². The summed E-state index contributed by atoms with van der Waals surface area (Å²) in [6.45, 7) is 3.75. The Morgan fingerprint density at radius 1 is 0.731 bits per heavy atom. The number of ketones is 2. The summed E-state index contributed by atoms with van der Waals surface area (Å²) in [7, 11) is 0. The fourth-order valence-electron chi connectivity index (χ4n) is 7.44.